The van der Waals surface area contributed by atoms with Crippen molar-refractivity contribution >= 4 is 28.6 Å². The number of H-pyrrole nitrogens is 1. The van der Waals surface area contributed by atoms with Gasteiger partial charge in [-0.3, -0.25) is 5.10 Å². The molecule has 1 aliphatic carbocycles. The number of halogens is 1. The lowest BCUT2D eigenvalue weighted by Gasteiger charge is -2.23. The van der Waals surface area contributed by atoms with E-state index in [0.29, 0.717) is 6.04 Å². The Labute approximate surface area is 103 Å². The first-order valence-electron chi connectivity index (χ1n) is 5.36. The molecule has 0 aromatic carbocycles. The number of aromatic nitrogens is 2. The molecule has 2 heterocycles. The number of nitrogens with one attached hydrogen (secondary N) is 2. The predicted molar refractivity (Wildman–Crippen MR) is 67.2 cm³/mol. The van der Waals surface area contributed by atoms with E-state index in [2.05, 4.69) is 21.6 Å². The lowest BCUT2D eigenvalue weighted by Crippen LogP contribution is -2.15. The molecule has 5 heteroatoms. The summed E-state index contributed by atoms with van der Waals surface area (Å²) in [7, 11) is 0. The summed E-state index contributed by atoms with van der Waals surface area (Å²) in [5.74, 6) is 0. The molecule has 0 fully saturated rings. The number of anilines is 1. The van der Waals surface area contributed by atoms with Gasteiger partial charge < -0.3 is 5.32 Å². The number of hydrogen-bond donors (Lipinski definition) is 2. The minimum absolute atomic E-state index is 0.380. The van der Waals surface area contributed by atoms with Gasteiger partial charge >= 0.3 is 0 Å². The van der Waals surface area contributed by atoms with Crippen LogP contribution in [-0.2, 0) is 6.42 Å². The van der Waals surface area contributed by atoms with Crippen molar-refractivity contribution in [1.29, 1.82) is 0 Å². The monoisotopic (exact) mass is 253 g/mol. The van der Waals surface area contributed by atoms with Gasteiger partial charge in [-0.05, 0) is 30.9 Å². The van der Waals surface area contributed by atoms with Crippen molar-refractivity contribution in [3.63, 3.8) is 0 Å². The van der Waals surface area contributed by atoms with Crippen LogP contribution in [0, 0.1) is 0 Å². The molecule has 0 bridgehead atoms. The van der Waals surface area contributed by atoms with Crippen molar-refractivity contribution in [3.8, 4) is 0 Å². The standard InChI is InChI=1S/C11H12ClN3S/c12-11-4-8-9(2-1-3-10(8)16-11)15-7-5-13-14-6-7/h4-6,9,15H,1-3H2,(H,13,14). The molecular formula is C11H12ClN3S. The number of rotatable bonds is 2. The van der Waals surface area contributed by atoms with Crippen LogP contribution >= 0.6 is 22.9 Å². The number of nitrogens with zero attached hydrogens (tertiary/aromatic N) is 1. The lowest BCUT2D eigenvalue weighted by molar-refractivity contribution is 0.609. The Kier molecular flexibility index (Phi) is 2.61. The molecule has 0 amide bonds. The van der Waals surface area contributed by atoms with Crippen LogP contribution in [0.25, 0.3) is 0 Å². The van der Waals surface area contributed by atoms with Crippen LogP contribution in [0.3, 0.4) is 0 Å². The van der Waals surface area contributed by atoms with Crippen LogP contribution in [0.2, 0.25) is 4.34 Å². The molecule has 3 rings (SSSR count). The number of aromatic amines is 1. The van der Waals surface area contributed by atoms with Gasteiger partial charge in [-0.1, -0.05) is 11.6 Å². The summed E-state index contributed by atoms with van der Waals surface area (Å²) < 4.78 is 0.894. The Morgan fingerprint density at radius 2 is 2.50 bits per heavy atom. The SMILES string of the molecule is Clc1cc2c(s1)CCCC2Nc1cn[nH]c1. The Balaban J connectivity index is 1.87. The third-order valence-electron chi connectivity index (χ3n) is 2.92. The van der Waals surface area contributed by atoms with E-state index >= 15 is 0 Å². The maximum atomic E-state index is 6.07. The maximum absolute atomic E-state index is 6.07. The van der Waals surface area contributed by atoms with Gasteiger partial charge in [0.1, 0.15) is 0 Å². The first-order chi connectivity index (χ1) is 7.83. The molecule has 84 valence electrons. The Morgan fingerprint density at radius 3 is 3.31 bits per heavy atom. The molecule has 2 N–H and O–H groups in total. The van der Waals surface area contributed by atoms with Crippen LogP contribution in [0.5, 0.6) is 0 Å². The van der Waals surface area contributed by atoms with Gasteiger partial charge in [0.25, 0.3) is 0 Å². The molecule has 0 aliphatic heterocycles. The van der Waals surface area contributed by atoms with Gasteiger partial charge in [-0.25, -0.2) is 0 Å². The Hall–Kier alpha value is -1.00. The van der Waals surface area contributed by atoms with Crippen molar-refractivity contribution in [2.75, 3.05) is 5.32 Å². The van der Waals surface area contributed by atoms with Gasteiger partial charge in [-0.2, -0.15) is 5.10 Å². The summed E-state index contributed by atoms with van der Waals surface area (Å²) in [4.78, 5) is 1.43. The Bertz CT molecular complexity index is 477. The van der Waals surface area contributed by atoms with E-state index in [4.69, 9.17) is 11.6 Å². The summed E-state index contributed by atoms with van der Waals surface area (Å²) in [5.41, 5.74) is 2.41. The van der Waals surface area contributed by atoms with E-state index < -0.39 is 0 Å². The molecule has 0 saturated carbocycles. The summed E-state index contributed by atoms with van der Waals surface area (Å²) in [6.45, 7) is 0. The third-order valence-corrected chi connectivity index (χ3v) is 4.26. The largest absolute Gasteiger partial charge is 0.376 e. The molecule has 2 aromatic heterocycles. The van der Waals surface area contributed by atoms with Crippen molar-refractivity contribution in [1.82, 2.24) is 10.2 Å². The highest BCUT2D eigenvalue weighted by atomic mass is 35.5. The second-order valence-electron chi connectivity index (χ2n) is 4.01. The topological polar surface area (TPSA) is 40.7 Å². The highest BCUT2D eigenvalue weighted by Gasteiger charge is 2.22. The van der Waals surface area contributed by atoms with Crippen LogP contribution in [-0.4, -0.2) is 10.2 Å². The summed E-state index contributed by atoms with van der Waals surface area (Å²) >= 11 is 7.78. The van der Waals surface area contributed by atoms with Gasteiger partial charge in [-0.15, -0.1) is 11.3 Å². The van der Waals surface area contributed by atoms with Crippen molar-refractivity contribution < 1.29 is 0 Å². The lowest BCUT2D eigenvalue weighted by atomic mass is 9.94. The molecule has 3 nitrogen and oxygen atoms in total. The van der Waals surface area contributed by atoms with Crippen molar-refractivity contribution in [2.24, 2.45) is 0 Å². The smallest absolute Gasteiger partial charge is 0.0934 e. The zero-order chi connectivity index (χ0) is 11.0. The van der Waals surface area contributed by atoms with Gasteiger partial charge in [0, 0.05) is 11.1 Å². The summed E-state index contributed by atoms with van der Waals surface area (Å²) in [5, 5.41) is 10.2. The first-order valence-corrected chi connectivity index (χ1v) is 6.56. The quantitative estimate of drug-likeness (QED) is 0.858. The molecule has 2 aromatic rings. The van der Waals surface area contributed by atoms with Crippen molar-refractivity contribution in [2.45, 2.75) is 25.3 Å². The first kappa shape index (κ1) is 10.2. The van der Waals surface area contributed by atoms with Crippen molar-refractivity contribution in [3.05, 3.63) is 33.2 Å². The minimum atomic E-state index is 0.380. The summed E-state index contributed by atoms with van der Waals surface area (Å²) in [6.07, 6.45) is 7.23. The summed E-state index contributed by atoms with van der Waals surface area (Å²) in [6, 6.07) is 2.48. The van der Waals surface area contributed by atoms with Gasteiger partial charge in [0.15, 0.2) is 0 Å². The molecule has 0 spiro atoms. The van der Waals surface area contributed by atoms with E-state index in [1.54, 1.807) is 11.3 Å². The van der Waals surface area contributed by atoms with Gasteiger partial charge in [0.05, 0.1) is 22.3 Å². The van der Waals surface area contributed by atoms with E-state index in [-0.39, 0.29) is 0 Å². The highest BCUT2D eigenvalue weighted by molar-refractivity contribution is 7.16. The average Bonchev–Trinajstić information content (AvgIpc) is 2.86. The molecule has 1 atom stereocenters. The fraction of sp³-hybridized carbons (Fsp3) is 0.364. The fourth-order valence-electron chi connectivity index (χ4n) is 2.20. The zero-order valence-electron chi connectivity index (χ0n) is 8.66. The van der Waals surface area contributed by atoms with Crippen LogP contribution in [0.1, 0.15) is 29.3 Å². The Morgan fingerprint density at radius 1 is 1.56 bits per heavy atom. The molecule has 1 unspecified atom stereocenters. The number of thiophene rings is 1. The number of aryl methyl sites for hydroxylation is 1. The van der Waals surface area contributed by atoms with E-state index in [1.165, 1.54) is 16.9 Å². The van der Waals surface area contributed by atoms with Gasteiger partial charge in [0.2, 0.25) is 0 Å². The number of fused-ring (bicyclic) bond motifs is 1. The van der Waals surface area contributed by atoms with E-state index in [0.717, 1.165) is 22.9 Å². The molecular weight excluding hydrogens is 242 g/mol. The second kappa shape index (κ2) is 4.11. The number of hydrogen-bond acceptors (Lipinski definition) is 3. The van der Waals surface area contributed by atoms with Crippen LogP contribution in [0.15, 0.2) is 18.5 Å². The van der Waals surface area contributed by atoms with Crippen LogP contribution in [0.4, 0.5) is 5.69 Å². The van der Waals surface area contributed by atoms with E-state index in [9.17, 15) is 0 Å². The third kappa shape index (κ3) is 1.83. The highest BCUT2D eigenvalue weighted by Crippen LogP contribution is 2.39. The van der Waals surface area contributed by atoms with Crippen LogP contribution < -0.4 is 5.32 Å². The zero-order valence-corrected chi connectivity index (χ0v) is 10.2. The predicted octanol–water partition coefficient (Wildman–Crippen LogP) is 3.61. The minimum Gasteiger partial charge on any atom is -0.376 e. The molecule has 1 aliphatic rings. The molecule has 16 heavy (non-hydrogen) atoms. The average molecular weight is 254 g/mol. The van der Waals surface area contributed by atoms with E-state index in [1.807, 2.05) is 12.4 Å². The fourth-order valence-corrected chi connectivity index (χ4v) is 3.59. The molecule has 0 saturated heterocycles. The maximum Gasteiger partial charge on any atom is 0.0934 e. The molecule has 0 radical (unpaired) electrons. The second-order valence-corrected chi connectivity index (χ2v) is 5.77. The normalized spacial score (nSPS) is 19.4.